The summed E-state index contributed by atoms with van der Waals surface area (Å²) in [7, 11) is 0.848. The van der Waals surface area contributed by atoms with Crippen LogP contribution in [0.2, 0.25) is 0 Å². The van der Waals surface area contributed by atoms with Gasteiger partial charge >= 0.3 is 0 Å². The Labute approximate surface area is 90.0 Å². The fraction of sp³-hybridized carbons (Fsp3) is 0.857. The van der Waals surface area contributed by atoms with Crippen molar-refractivity contribution < 1.29 is 17.9 Å². The third kappa shape index (κ3) is 6.39. The lowest BCUT2D eigenvalue weighted by atomic mass is 10.6. The highest BCUT2D eigenvalue weighted by atomic mass is 32.2. The van der Waals surface area contributed by atoms with Crippen LogP contribution < -0.4 is 10.0 Å². The van der Waals surface area contributed by atoms with Gasteiger partial charge in [0.15, 0.2) is 0 Å². The zero-order valence-corrected chi connectivity index (χ0v) is 9.93. The molecule has 0 fully saturated rings. The monoisotopic (exact) mass is 239 g/mol. The molecule has 0 aliphatic carbocycles. The molecule has 0 spiro atoms. The molecule has 0 rings (SSSR count). The number of amides is 1. The molecule has 0 bridgehead atoms. The van der Waals surface area contributed by atoms with Crippen molar-refractivity contribution >= 4 is 16.1 Å². The molecule has 0 saturated carbocycles. The number of ether oxygens (including phenoxy) is 1. The number of nitrogens with one attached hydrogen (secondary N) is 2. The Morgan fingerprint density at radius 2 is 1.93 bits per heavy atom. The summed E-state index contributed by atoms with van der Waals surface area (Å²) in [5.74, 6) is -0.276. The van der Waals surface area contributed by atoms with Gasteiger partial charge in [-0.15, -0.1) is 0 Å². The van der Waals surface area contributed by atoms with Crippen molar-refractivity contribution in [1.82, 2.24) is 14.3 Å². The highest BCUT2D eigenvalue weighted by molar-refractivity contribution is 7.87. The molecule has 0 saturated heterocycles. The second kappa shape index (κ2) is 6.72. The number of carbonyl (C=O) groups is 1. The molecule has 0 aromatic rings. The van der Waals surface area contributed by atoms with E-state index >= 15 is 0 Å². The molecule has 0 aliphatic heterocycles. The maximum Gasteiger partial charge on any atom is 0.278 e. The van der Waals surface area contributed by atoms with E-state index in [0.717, 1.165) is 4.31 Å². The van der Waals surface area contributed by atoms with Crippen LogP contribution in [0.15, 0.2) is 0 Å². The molecule has 0 unspecified atom stereocenters. The van der Waals surface area contributed by atoms with Gasteiger partial charge in [-0.25, -0.2) is 4.72 Å². The lowest BCUT2D eigenvalue weighted by molar-refractivity contribution is -0.124. The number of rotatable bonds is 7. The van der Waals surface area contributed by atoms with E-state index in [1.54, 1.807) is 0 Å². The largest absolute Gasteiger partial charge is 0.375 e. The molecule has 1 amide bonds. The third-order valence-electron chi connectivity index (χ3n) is 1.49. The zero-order valence-electron chi connectivity index (χ0n) is 9.11. The predicted molar refractivity (Wildman–Crippen MR) is 55.5 cm³/mol. The standard InChI is InChI=1S/C7H17N3O4S/c1-10(2)15(12,13)9-5-4-8-7(11)6-14-3/h9H,4-6H2,1-3H3,(H,8,11). The first-order valence-corrected chi connectivity index (χ1v) is 5.77. The Kier molecular flexibility index (Phi) is 6.41. The molecule has 90 valence electrons. The molecule has 15 heavy (non-hydrogen) atoms. The molecule has 0 heterocycles. The van der Waals surface area contributed by atoms with Crippen LogP contribution in [-0.4, -0.2) is 59.5 Å². The number of hydrogen-bond donors (Lipinski definition) is 2. The molecule has 0 radical (unpaired) electrons. The first-order valence-electron chi connectivity index (χ1n) is 4.33. The Morgan fingerprint density at radius 1 is 1.33 bits per heavy atom. The van der Waals surface area contributed by atoms with Crippen LogP contribution in [0.5, 0.6) is 0 Å². The molecule has 0 aromatic heterocycles. The number of nitrogens with zero attached hydrogens (tertiary/aromatic N) is 1. The molecule has 0 aliphatic rings. The van der Waals surface area contributed by atoms with Gasteiger partial charge in [0, 0.05) is 34.3 Å². The van der Waals surface area contributed by atoms with Crippen molar-refractivity contribution in [3.63, 3.8) is 0 Å². The molecule has 0 aromatic carbocycles. The van der Waals surface area contributed by atoms with Crippen LogP contribution in [0.3, 0.4) is 0 Å². The summed E-state index contributed by atoms with van der Waals surface area (Å²) in [5.41, 5.74) is 0. The van der Waals surface area contributed by atoms with E-state index in [-0.39, 0.29) is 25.6 Å². The average molecular weight is 239 g/mol. The molecule has 0 atom stereocenters. The third-order valence-corrected chi connectivity index (χ3v) is 3.02. The average Bonchev–Trinajstić information content (AvgIpc) is 2.13. The fourth-order valence-corrected chi connectivity index (χ4v) is 1.31. The van der Waals surface area contributed by atoms with Crippen molar-refractivity contribution in [1.29, 1.82) is 0 Å². The first-order chi connectivity index (χ1) is 6.90. The van der Waals surface area contributed by atoms with Crippen LogP contribution in [0.1, 0.15) is 0 Å². The Balaban J connectivity index is 3.68. The van der Waals surface area contributed by atoms with Crippen molar-refractivity contribution in [2.45, 2.75) is 0 Å². The molecule has 7 nitrogen and oxygen atoms in total. The minimum Gasteiger partial charge on any atom is -0.375 e. The molecular weight excluding hydrogens is 222 g/mol. The van der Waals surface area contributed by atoms with E-state index in [1.807, 2.05) is 0 Å². The van der Waals surface area contributed by atoms with E-state index in [1.165, 1.54) is 21.2 Å². The summed E-state index contributed by atoms with van der Waals surface area (Å²) in [6.45, 7) is 0.353. The van der Waals surface area contributed by atoms with Crippen molar-refractivity contribution in [3.05, 3.63) is 0 Å². The second-order valence-corrected chi connectivity index (χ2v) is 4.93. The van der Waals surface area contributed by atoms with E-state index < -0.39 is 10.2 Å². The van der Waals surface area contributed by atoms with Crippen LogP contribution in [0, 0.1) is 0 Å². The summed E-state index contributed by atoms with van der Waals surface area (Å²) < 4.78 is 30.3. The Hall–Kier alpha value is -0.700. The van der Waals surface area contributed by atoms with E-state index in [0.29, 0.717) is 0 Å². The minimum atomic E-state index is -3.41. The van der Waals surface area contributed by atoms with Gasteiger partial charge < -0.3 is 10.1 Å². The summed E-state index contributed by atoms with van der Waals surface area (Å²) in [5, 5.41) is 2.49. The maximum atomic E-state index is 11.2. The number of methoxy groups -OCH3 is 1. The van der Waals surface area contributed by atoms with Crippen LogP contribution in [-0.2, 0) is 19.7 Å². The van der Waals surface area contributed by atoms with Gasteiger partial charge in [0.25, 0.3) is 10.2 Å². The highest BCUT2D eigenvalue weighted by Gasteiger charge is 2.11. The molecular formula is C7H17N3O4S. The van der Waals surface area contributed by atoms with Gasteiger partial charge in [-0.1, -0.05) is 0 Å². The lowest BCUT2D eigenvalue weighted by Crippen LogP contribution is -2.40. The normalized spacial score (nSPS) is 11.7. The van der Waals surface area contributed by atoms with Gasteiger partial charge in [0.1, 0.15) is 6.61 Å². The van der Waals surface area contributed by atoms with Gasteiger partial charge in [0.2, 0.25) is 5.91 Å². The SMILES string of the molecule is COCC(=O)NCCNS(=O)(=O)N(C)C. The molecule has 2 N–H and O–H groups in total. The molecule has 8 heteroatoms. The maximum absolute atomic E-state index is 11.2. The van der Waals surface area contributed by atoms with Crippen molar-refractivity contribution in [2.75, 3.05) is 40.9 Å². The first kappa shape index (κ1) is 14.3. The lowest BCUT2D eigenvalue weighted by Gasteiger charge is -2.12. The van der Waals surface area contributed by atoms with Gasteiger partial charge in [0.05, 0.1) is 0 Å². The van der Waals surface area contributed by atoms with Crippen LogP contribution in [0.4, 0.5) is 0 Å². The summed E-state index contributed by atoms with van der Waals surface area (Å²) in [4.78, 5) is 10.9. The number of hydrogen-bond acceptors (Lipinski definition) is 4. The van der Waals surface area contributed by atoms with Gasteiger partial charge in [-0.2, -0.15) is 12.7 Å². The summed E-state index contributed by atoms with van der Waals surface area (Å²) in [6.07, 6.45) is 0. The summed E-state index contributed by atoms with van der Waals surface area (Å²) >= 11 is 0. The highest BCUT2D eigenvalue weighted by Crippen LogP contribution is 1.85. The Morgan fingerprint density at radius 3 is 2.40 bits per heavy atom. The number of carbonyl (C=O) groups excluding carboxylic acids is 1. The van der Waals surface area contributed by atoms with Crippen LogP contribution in [0.25, 0.3) is 0 Å². The minimum absolute atomic E-state index is 0.0274. The predicted octanol–water partition coefficient (Wildman–Crippen LogP) is -1.85. The van der Waals surface area contributed by atoms with Crippen molar-refractivity contribution in [3.8, 4) is 0 Å². The second-order valence-electron chi connectivity index (χ2n) is 2.96. The topological polar surface area (TPSA) is 87.7 Å². The van der Waals surface area contributed by atoms with Crippen molar-refractivity contribution in [2.24, 2.45) is 0 Å². The van der Waals surface area contributed by atoms with E-state index in [9.17, 15) is 13.2 Å². The smallest absolute Gasteiger partial charge is 0.278 e. The zero-order chi connectivity index (χ0) is 11.9. The van der Waals surface area contributed by atoms with Gasteiger partial charge in [-0.3, -0.25) is 4.79 Å². The van der Waals surface area contributed by atoms with Gasteiger partial charge in [-0.05, 0) is 0 Å². The van der Waals surface area contributed by atoms with Crippen LogP contribution >= 0.6 is 0 Å². The van der Waals surface area contributed by atoms with E-state index in [2.05, 4.69) is 14.8 Å². The van der Waals surface area contributed by atoms with E-state index in [4.69, 9.17) is 0 Å². The fourth-order valence-electron chi connectivity index (χ4n) is 0.693. The Bertz CT molecular complexity index is 289. The quantitative estimate of drug-likeness (QED) is 0.510. The summed E-state index contributed by atoms with van der Waals surface area (Å²) in [6, 6.07) is 0.